The third kappa shape index (κ3) is 3.55. The molecule has 0 amide bonds. The van der Waals surface area contributed by atoms with Gasteiger partial charge in [-0.3, -0.25) is 4.98 Å². The zero-order valence-electron chi connectivity index (χ0n) is 11.6. The largest absolute Gasteiger partial charge is 0.487 e. The summed E-state index contributed by atoms with van der Waals surface area (Å²) in [7, 11) is 0. The summed E-state index contributed by atoms with van der Waals surface area (Å²) in [5.74, 6) is 0.827. The van der Waals surface area contributed by atoms with E-state index in [1.54, 1.807) is 6.92 Å². The van der Waals surface area contributed by atoms with Gasteiger partial charge in [-0.1, -0.05) is 12.1 Å². The number of pyridine rings is 1. The molecular formula is C16H19NO2. The van der Waals surface area contributed by atoms with Gasteiger partial charge in [0.2, 0.25) is 0 Å². The third-order valence-electron chi connectivity index (χ3n) is 3.00. The van der Waals surface area contributed by atoms with Crippen molar-refractivity contribution in [2.24, 2.45) is 0 Å². The number of benzene rings is 1. The summed E-state index contributed by atoms with van der Waals surface area (Å²) in [6.07, 6.45) is -0.453. The van der Waals surface area contributed by atoms with Crippen molar-refractivity contribution in [3.63, 3.8) is 0 Å². The van der Waals surface area contributed by atoms with Gasteiger partial charge in [0.25, 0.3) is 0 Å². The predicted molar refractivity (Wildman–Crippen MR) is 75.1 cm³/mol. The van der Waals surface area contributed by atoms with Crippen LogP contribution in [0, 0.1) is 13.8 Å². The number of hydrogen-bond acceptors (Lipinski definition) is 3. The number of ether oxygens (including phenoxy) is 1. The Labute approximate surface area is 113 Å². The Bertz CT molecular complexity index is 564. The van der Waals surface area contributed by atoms with Gasteiger partial charge in [0.15, 0.2) is 0 Å². The fraction of sp³-hybridized carbons (Fsp3) is 0.312. The second-order valence-corrected chi connectivity index (χ2v) is 4.76. The highest BCUT2D eigenvalue weighted by molar-refractivity contribution is 5.37. The van der Waals surface area contributed by atoms with Gasteiger partial charge >= 0.3 is 0 Å². The number of aliphatic hydroxyl groups is 1. The van der Waals surface area contributed by atoms with Gasteiger partial charge in [0, 0.05) is 5.69 Å². The van der Waals surface area contributed by atoms with Crippen LogP contribution in [0.5, 0.6) is 5.75 Å². The van der Waals surface area contributed by atoms with Gasteiger partial charge in [-0.05, 0) is 56.2 Å². The van der Waals surface area contributed by atoms with E-state index in [0.29, 0.717) is 6.61 Å². The fourth-order valence-corrected chi connectivity index (χ4v) is 1.93. The number of rotatable bonds is 4. The quantitative estimate of drug-likeness (QED) is 0.913. The molecule has 0 aliphatic heterocycles. The molecule has 0 aliphatic rings. The first-order valence-corrected chi connectivity index (χ1v) is 6.40. The van der Waals surface area contributed by atoms with Crippen molar-refractivity contribution in [3.8, 4) is 5.75 Å². The summed E-state index contributed by atoms with van der Waals surface area (Å²) in [4.78, 5) is 4.40. The van der Waals surface area contributed by atoms with Gasteiger partial charge in [-0.15, -0.1) is 0 Å². The number of aryl methyl sites for hydroxylation is 2. The average Bonchev–Trinajstić information content (AvgIpc) is 2.37. The van der Waals surface area contributed by atoms with Crippen molar-refractivity contribution in [1.29, 1.82) is 0 Å². The van der Waals surface area contributed by atoms with Crippen molar-refractivity contribution in [3.05, 3.63) is 58.9 Å². The first-order chi connectivity index (χ1) is 9.06. The van der Waals surface area contributed by atoms with Gasteiger partial charge in [0.1, 0.15) is 12.4 Å². The summed E-state index contributed by atoms with van der Waals surface area (Å²) in [5.41, 5.74) is 3.82. The minimum absolute atomic E-state index is 0.453. The molecule has 1 aromatic heterocycles. The molecular weight excluding hydrogens is 238 g/mol. The second-order valence-electron chi connectivity index (χ2n) is 4.76. The highest BCUT2D eigenvalue weighted by Gasteiger charge is 2.05. The van der Waals surface area contributed by atoms with E-state index in [9.17, 15) is 5.11 Å². The first-order valence-electron chi connectivity index (χ1n) is 6.40. The molecule has 100 valence electrons. The van der Waals surface area contributed by atoms with Gasteiger partial charge < -0.3 is 9.84 Å². The van der Waals surface area contributed by atoms with Gasteiger partial charge in [-0.2, -0.15) is 0 Å². The van der Waals surface area contributed by atoms with E-state index in [1.807, 2.05) is 50.2 Å². The summed E-state index contributed by atoms with van der Waals surface area (Å²) in [6, 6.07) is 11.6. The van der Waals surface area contributed by atoms with E-state index in [4.69, 9.17) is 4.74 Å². The van der Waals surface area contributed by atoms with Crippen molar-refractivity contribution in [2.45, 2.75) is 33.5 Å². The highest BCUT2D eigenvalue weighted by atomic mass is 16.5. The average molecular weight is 257 g/mol. The summed E-state index contributed by atoms with van der Waals surface area (Å²) < 4.78 is 5.77. The Morgan fingerprint density at radius 1 is 1.21 bits per heavy atom. The molecule has 3 nitrogen and oxygen atoms in total. The summed E-state index contributed by atoms with van der Waals surface area (Å²) in [6.45, 7) is 6.15. The molecule has 0 spiro atoms. The zero-order valence-corrected chi connectivity index (χ0v) is 11.6. The van der Waals surface area contributed by atoms with E-state index < -0.39 is 6.10 Å². The Morgan fingerprint density at radius 2 is 2.00 bits per heavy atom. The molecule has 2 aromatic rings. The minimum Gasteiger partial charge on any atom is -0.487 e. The molecule has 1 N–H and O–H groups in total. The molecule has 0 radical (unpaired) electrons. The van der Waals surface area contributed by atoms with Crippen LogP contribution in [0.1, 0.15) is 35.5 Å². The third-order valence-corrected chi connectivity index (χ3v) is 3.00. The summed E-state index contributed by atoms with van der Waals surface area (Å²) in [5, 5.41) is 9.53. The molecule has 3 heteroatoms. The van der Waals surface area contributed by atoms with Crippen LogP contribution in [0.25, 0.3) is 0 Å². The maximum absolute atomic E-state index is 9.53. The molecule has 19 heavy (non-hydrogen) atoms. The molecule has 0 bridgehead atoms. The second kappa shape index (κ2) is 5.85. The number of nitrogens with zero attached hydrogens (tertiary/aromatic N) is 1. The normalized spacial score (nSPS) is 12.2. The zero-order chi connectivity index (χ0) is 13.8. The monoisotopic (exact) mass is 257 g/mol. The molecule has 1 heterocycles. The Hall–Kier alpha value is -1.87. The predicted octanol–water partition coefficient (Wildman–Crippen LogP) is 3.33. The molecule has 0 saturated carbocycles. The maximum Gasteiger partial charge on any atom is 0.130 e. The van der Waals surface area contributed by atoms with E-state index in [2.05, 4.69) is 4.98 Å². The fourth-order valence-electron chi connectivity index (χ4n) is 1.93. The lowest BCUT2D eigenvalue weighted by molar-refractivity contribution is 0.199. The standard InChI is InChI=1S/C16H19NO2/c1-11-9-14(13(3)18)7-8-16(11)19-10-15-6-4-5-12(2)17-15/h4-9,13,18H,10H2,1-3H3/t13-/m1/s1. The number of aliphatic hydroxyl groups excluding tert-OH is 1. The van der Waals surface area contributed by atoms with Crippen LogP contribution in [-0.2, 0) is 6.61 Å². The van der Waals surface area contributed by atoms with E-state index >= 15 is 0 Å². The smallest absolute Gasteiger partial charge is 0.130 e. The topological polar surface area (TPSA) is 42.4 Å². The summed E-state index contributed by atoms with van der Waals surface area (Å²) >= 11 is 0. The van der Waals surface area contributed by atoms with E-state index in [-0.39, 0.29) is 0 Å². The van der Waals surface area contributed by atoms with Crippen LogP contribution in [0.3, 0.4) is 0 Å². The highest BCUT2D eigenvalue weighted by Crippen LogP contribution is 2.23. The van der Waals surface area contributed by atoms with Crippen LogP contribution in [0.4, 0.5) is 0 Å². The molecule has 0 aliphatic carbocycles. The lowest BCUT2D eigenvalue weighted by Gasteiger charge is -2.12. The lowest BCUT2D eigenvalue weighted by atomic mass is 10.1. The van der Waals surface area contributed by atoms with Crippen molar-refractivity contribution >= 4 is 0 Å². The molecule has 0 saturated heterocycles. The van der Waals surface area contributed by atoms with E-state index in [1.165, 1.54) is 0 Å². The van der Waals surface area contributed by atoms with Crippen molar-refractivity contribution in [2.75, 3.05) is 0 Å². The molecule has 1 aromatic carbocycles. The Morgan fingerprint density at radius 3 is 2.63 bits per heavy atom. The first kappa shape index (κ1) is 13.6. The SMILES string of the molecule is Cc1cccc(COc2ccc([C@@H](C)O)cc2C)n1. The van der Waals surface area contributed by atoms with Crippen LogP contribution >= 0.6 is 0 Å². The van der Waals surface area contributed by atoms with Crippen LogP contribution in [0.2, 0.25) is 0 Å². The minimum atomic E-state index is -0.453. The Kier molecular flexibility index (Phi) is 4.17. The van der Waals surface area contributed by atoms with Gasteiger partial charge in [0.05, 0.1) is 11.8 Å². The maximum atomic E-state index is 9.53. The Balaban J connectivity index is 2.07. The van der Waals surface area contributed by atoms with Crippen LogP contribution < -0.4 is 4.74 Å². The van der Waals surface area contributed by atoms with Crippen molar-refractivity contribution < 1.29 is 9.84 Å². The molecule has 1 atom stereocenters. The van der Waals surface area contributed by atoms with Crippen LogP contribution in [-0.4, -0.2) is 10.1 Å². The lowest BCUT2D eigenvalue weighted by Crippen LogP contribution is -2.01. The number of aromatic nitrogens is 1. The molecule has 0 unspecified atom stereocenters. The number of hydrogen-bond donors (Lipinski definition) is 1. The molecule has 2 rings (SSSR count). The van der Waals surface area contributed by atoms with E-state index in [0.717, 1.165) is 28.3 Å². The van der Waals surface area contributed by atoms with Gasteiger partial charge in [-0.25, -0.2) is 0 Å². The van der Waals surface area contributed by atoms with Crippen LogP contribution in [0.15, 0.2) is 36.4 Å². The molecule has 0 fully saturated rings. The van der Waals surface area contributed by atoms with Crippen molar-refractivity contribution in [1.82, 2.24) is 4.98 Å².